The van der Waals surface area contributed by atoms with Crippen molar-refractivity contribution in [3.05, 3.63) is 69.0 Å². The Balaban J connectivity index is 1.53. The average molecular weight is 499 g/mol. The van der Waals surface area contributed by atoms with Gasteiger partial charge in [-0.1, -0.05) is 11.6 Å². The Morgan fingerprint density at radius 2 is 2.03 bits per heavy atom. The molecule has 4 aromatic rings. The molecule has 180 valence electrons. The third kappa shape index (κ3) is 3.68. The highest BCUT2D eigenvalue weighted by Crippen LogP contribution is 2.34. The third-order valence-corrected chi connectivity index (χ3v) is 6.86. The summed E-state index contributed by atoms with van der Waals surface area (Å²) in [6.07, 6.45) is 4.83. The molecule has 1 saturated heterocycles. The molecule has 11 heteroatoms. The molecule has 6 rings (SSSR count). The molecule has 0 amide bonds. The predicted octanol–water partition coefficient (Wildman–Crippen LogP) is 3.65. The zero-order valence-corrected chi connectivity index (χ0v) is 19.6. The average Bonchev–Trinajstić information content (AvgIpc) is 3.52. The van der Waals surface area contributed by atoms with Crippen LogP contribution in [0.1, 0.15) is 23.9 Å². The lowest BCUT2D eigenvalue weighted by Gasteiger charge is -2.33. The van der Waals surface area contributed by atoms with Gasteiger partial charge in [-0.3, -0.25) is 14.0 Å². The summed E-state index contributed by atoms with van der Waals surface area (Å²) < 4.78 is 38.8. The zero-order valence-electron chi connectivity index (χ0n) is 18.8. The summed E-state index contributed by atoms with van der Waals surface area (Å²) in [5.41, 5.74) is 0.987. The molecule has 0 saturated carbocycles. The van der Waals surface area contributed by atoms with Crippen LogP contribution in [-0.4, -0.2) is 44.0 Å². The normalized spacial score (nSPS) is 17.8. The van der Waals surface area contributed by atoms with Crippen LogP contribution >= 0.6 is 11.6 Å². The van der Waals surface area contributed by atoms with Crippen LogP contribution in [0.4, 0.5) is 14.6 Å². The first kappa shape index (κ1) is 22.1. The van der Waals surface area contributed by atoms with Crippen LogP contribution in [0.25, 0.3) is 22.2 Å². The van der Waals surface area contributed by atoms with Crippen LogP contribution in [0, 0.1) is 11.6 Å². The van der Waals surface area contributed by atoms with Crippen LogP contribution in [0.5, 0.6) is 0 Å². The standard InChI is InChI=1S/C24H21ClF2N6O2/c1-31-11-13(10-28-31)17-12-32(7-8-35-17)19-9-15-23(29-18-3-2-6-33(18)24(15)34)22(30-19)14-4-5-16(25)21(27)20(14)26/h4-5,9-11,17H,2-3,6-8,12H2,1H3/t17-/m1/s1. The van der Waals surface area contributed by atoms with E-state index in [9.17, 15) is 9.18 Å². The summed E-state index contributed by atoms with van der Waals surface area (Å²) in [6.45, 7) is 1.99. The molecule has 8 nitrogen and oxygen atoms in total. The maximum Gasteiger partial charge on any atom is 0.261 e. The van der Waals surface area contributed by atoms with E-state index < -0.39 is 11.6 Å². The minimum atomic E-state index is -1.16. The topological polar surface area (TPSA) is 78.1 Å². The fraction of sp³-hybridized carbons (Fsp3) is 0.333. The molecule has 0 N–H and O–H groups in total. The number of hydrogen-bond acceptors (Lipinski definition) is 6. The number of pyridine rings is 1. The summed E-state index contributed by atoms with van der Waals surface area (Å²) >= 11 is 5.79. The molecular weight excluding hydrogens is 478 g/mol. The van der Waals surface area contributed by atoms with Gasteiger partial charge in [0.1, 0.15) is 29.0 Å². The zero-order chi connectivity index (χ0) is 24.3. The molecule has 35 heavy (non-hydrogen) atoms. The molecule has 0 bridgehead atoms. The van der Waals surface area contributed by atoms with Crippen molar-refractivity contribution in [2.24, 2.45) is 7.05 Å². The number of halogens is 3. The second kappa shape index (κ2) is 8.39. The summed E-state index contributed by atoms with van der Waals surface area (Å²) in [5.74, 6) is -1.19. The van der Waals surface area contributed by atoms with Crippen molar-refractivity contribution >= 4 is 28.3 Å². The Morgan fingerprint density at radius 3 is 2.83 bits per heavy atom. The molecule has 0 radical (unpaired) electrons. The molecule has 5 heterocycles. The van der Waals surface area contributed by atoms with Gasteiger partial charge < -0.3 is 9.64 Å². The predicted molar refractivity (Wildman–Crippen MR) is 127 cm³/mol. The Labute approximate surface area is 203 Å². The largest absolute Gasteiger partial charge is 0.370 e. The van der Waals surface area contributed by atoms with Crippen molar-refractivity contribution in [2.75, 3.05) is 24.6 Å². The Bertz CT molecular complexity index is 1530. The molecule has 0 aliphatic carbocycles. The number of morpholine rings is 1. The van der Waals surface area contributed by atoms with Gasteiger partial charge in [0.25, 0.3) is 5.56 Å². The van der Waals surface area contributed by atoms with E-state index in [4.69, 9.17) is 21.3 Å². The summed E-state index contributed by atoms with van der Waals surface area (Å²) in [7, 11) is 1.83. The first-order valence-electron chi connectivity index (χ1n) is 11.3. The van der Waals surface area contributed by atoms with E-state index in [1.807, 2.05) is 18.1 Å². The maximum atomic E-state index is 15.1. The number of aromatic nitrogens is 5. The van der Waals surface area contributed by atoms with Crippen molar-refractivity contribution in [1.29, 1.82) is 0 Å². The van der Waals surface area contributed by atoms with E-state index >= 15 is 4.39 Å². The molecule has 0 unspecified atom stereocenters. The highest BCUT2D eigenvalue weighted by atomic mass is 35.5. The van der Waals surface area contributed by atoms with Crippen molar-refractivity contribution in [1.82, 2.24) is 24.3 Å². The molecule has 1 fully saturated rings. The van der Waals surface area contributed by atoms with E-state index in [1.165, 1.54) is 12.1 Å². The second-order valence-electron chi connectivity index (χ2n) is 8.79. The lowest BCUT2D eigenvalue weighted by atomic mass is 10.1. The Morgan fingerprint density at radius 1 is 1.17 bits per heavy atom. The molecule has 3 aromatic heterocycles. The first-order valence-corrected chi connectivity index (χ1v) is 11.7. The quantitative estimate of drug-likeness (QED) is 0.401. The van der Waals surface area contributed by atoms with Crippen LogP contribution in [0.2, 0.25) is 5.02 Å². The van der Waals surface area contributed by atoms with Crippen molar-refractivity contribution in [3.8, 4) is 11.3 Å². The second-order valence-corrected chi connectivity index (χ2v) is 9.20. The molecule has 1 aromatic carbocycles. The van der Waals surface area contributed by atoms with E-state index in [-0.39, 0.29) is 33.5 Å². The van der Waals surface area contributed by atoms with Crippen molar-refractivity contribution < 1.29 is 13.5 Å². The fourth-order valence-electron chi connectivity index (χ4n) is 4.79. The lowest BCUT2D eigenvalue weighted by molar-refractivity contribution is 0.0395. The third-order valence-electron chi connectivity index (χ3n) is 6.57. The number of anilines is 1. The van der Waals surface area contributed by atoms with Gasteiger partial charge in [-0.25, -0.2) is 18.7 Å². The van der Waals surface area contributed by atoms with Crippen molar-refractivity contribution in [2.45, 2.75) is 25.5 Å². The molecule has 1 atom stereocenters. The number of fused-ring (bicyclic) bond motifs is 2. The van der Waals surface area contributed by atoms with Gasteiger partial charge in [-0.15, -0.1) is 0 Å². The Hall–Kier alpha value is -3.37. The van der Waals surface area contributed by atoms with Gasteiger partial charge in [-0.05, 0) is 24.6 Å². The molecule has 2 aliphatic heterocycles. The van der Waals surface area contributed by atoms with E-state index in [2.05, 4.69) is 10.1 Å². The number of hydrogen-bond donors (Lipinski definition) is 0. The summed E-state index contributed by atoms with van der Waals surface area (Å²) in [5, 5.41) is 4.21. The highest BCUT2D eigenvalue weighted by Gasteiger charge is 2.28. The number of rotatable bonds is 3. The number of aryl methyl sites for hydroxylation is 2. The van der Waals surface area contributed by atoms with Gasteiger partial charge in [0.05, 0.1) is 23.2 Å². The highest BCUT2D eigenvalue weighted by molar-refractivity contribution is 6.30. The fourth-order valence-corrected chi connectivity index (χ4v) is 4.94. The van der Waals surface area contributed by atoms with Gasteiger partial charge in [0.2, 0.25) is 0 Å². The number of nitrogens with zero attached hydrogens (tertiary/aromatic N) is 6. The van der Waals surface area contributed by atoms with Crippen LogP contribution in [0.15, 0.2) is 35.4 Å². The van der Waals surface area contributed by atoms with E-state index in [1.54, 1.807) is 21.5 Å². The first-order chi connectivity index (χ1) is 16.9. The maximum absolute atomic E-state index is 15.1. The van der Waals surface area contributed by atoms with Crippen molar-refractivity contribution in [3.63, 3.8) is 0 Å². The lowest BCUT2D eigenvalue weighted by Crippen LogP contribution is -2.39. The van der Waals surface area contributed by atoms with Gasteiger partial charge in [0.15, 0.2) is 11.6 Å². The SMILES string of the molecule is Cn1cc([C@H]2CN(c3cc4c(=O)n5c(nc4c(-c4ccc(Cl)c(F)c4F)n3)CCC5)CCO2)cn1. The number of benzene rings is 1. The van der Waals surface area contributed by atoms with E-state index in [0.717, 1.165) is 12.0 Å². The molecule has 2 aliphatic rings. The smallest absolute Gasteiger partial charge is 0.261 e. The van der Waals surface area contributed by atoms with Gasteiger partial charge in [0, 0.05) is 50.4 Å². The summed E-state index contributed by atoms with van der Waals surface area (Å²) in [4.78, 5) is 24.7. The minimum absolute atomic E-state index is 0.0920. The molecule has 0 spiro atoms. The van der Waals surface area contributed by atoms with E-state index in [0.29, 0.717) is 49.7 Å². The summed E-state index contributed by atoms with van der Waals surface area (Å²) in [6, 6.07) is 4.34. The van der Waals surface area contributed by atoms with Gasteiger partial charge >= 0.3 is 0 Å². The number of ether oxygens (including phenoxy) is 1. The molecular formula is C24H21ClF2N6O2. The van der Waals surface area contributed by atoms with Crippen LogP contribution in [-0.2, 0) is 24.8 Å². The minimum Gasteiger partial charge on any atom is -0.370 e. The Kier molecular flexibility index (Phi) is 5.30. The van der Waals surface area contributed by atoms with Gasteiger partial charge in [-0.2, -0.15) is 5.10 Å². The monoisotopic (exact) mass is 498 g/mol. The van der Waals surface area contributed by atoms with Crippen LogP contribution in [0.3, 0.4) is 0 Å². The van der Waals surface area contributed by atoms with Crippen LogP contribution < -0.4 is 10.5 Å².